The Morgan fingerprint density at radius 2 is 2.31 bits per heavy atom. The van der Waals surface area contributed by atoms with Crippen molar-refractivity contribution in [2.75, 3.05) is 13.3 Å². The molecule has 0 spiro atoms. The van der Waals surface area contributed by atoms with Gasteiger partial charge in [-0.1, -0.05) is 11.6 Å². The second-order valence-corrected chi connectivity index (χ2v) is 4.72. The fourth-order valence-electron chi connectivity index (χ4n) is 2.35. The van der Waals surface area contributed by atoms with Crippen LogP contribution in [-0.2, 0) is 6.42 Å². The largest absolute Gasteiger partial charge is 0.454 e. The summed E-state index contributed by atoms with van der Waals surface area (Å²) in [7, 11) is 0. The Morgan fingerprint density at radius 3 is 3.12 bits per heavy atom. The summed E-state index contributed by atoms with van der Waals surface area (Å²) < 4.78 is 10.6. The second kappa shape index (κ2) is 4.15. The number of benzene rings is 1. The first-order valence-electron chi connectivity index (χ1n) is 5.64. The maximum absolute atomic E-state index is 6.13. The highest BCUT2D eigenvalue weighted by Crippen LogP contribution is 2.40. The molecule has 2 aliphatic heterocycles. The van der Waals surface area contributed by atoms with Crippen molar-refractivity contribution in [1.82, 2.24) is 5.32 Å². The average molecular weight is 240 g/mol. The molecule has 0 aliphatic carbocycles. The SMILES string of the molecule is Clc1cc(CC2CCCN2)cc2c1OCO2. The van der Waals surface area contributed by atoms with Gasteiger partial charge in [0.25, 0.3) is 0 Å². The van der Waals surface area contributed by atoms with E-state index in [0.717, 1.165) is 18.7 Å². The van der Waals surface area contributed by atoms with Crippen LogP contribution in [0.15, 0.2) is 12.1 Å². The summed E-state index contributed by atoms with van der Waals surface area (Å²) in [6, 6.07) is 4.60. The highest BCUT2D eigenvalue weighted by atomic mass is 35.5. The van der Waals surface area contributed by atoms with Crippen LogP contribution in [0.25, 0.3) is 0 Å². The maximum Gasteiger partial charge on any atom is 0.231 e. The van der Waals surface area contributed by atoms with E-state index in [1.54, 1.807) is 0 Å². The summed E-state index contributed by atoms with van der Waals surface area (Å²) >= 11 is 6.13. The zero-order valence-electron chi connectivity index (χ0n) is 8.96. The van der Waals surface area contributed by atoms with E-state index < -0.39 is 0 Å². The molecule has 0 amide bonds. The van der Waals surface area contributed by atoms with Gasteiger partial charge in [0.05, 0.1) is 5.02 Å². The Labute approximate surface area is 99.7 Å². The lowest BCUT2D eigenvalue weighted by Crippen LogP contribution is -2.23. The highest BCUT2D eigenvalue weighted by Gasteiger charge is 2.20. The van der Waals surface area contributed by atoms with Crippen molar-refractivity contribution in [3.05, 3.63) is 22.7 Å². The topological polar surface area (TPSA) is 30.5 Å². The van der Waals surface area contributed by atoms with E-state index in [-0.39, 0.29) is 6.79 Å². The van der Waals surface area contributed by atoms with Crippen molar-refractivity contribution in [2.24, 2.45) is 0 Å². The molecular weight excluding hydrogens is 226 g/mol. The zero-order valence-corrected chi connectivity index (χ0v) is 9.72. The van der Waals surface area contributed by atoms with Crippen LogP contribution < -0.4 is 14.8 Å². The fraction of sp³-hybridized carbons (Fsp3) is 0.500. The van der Waals surface area contributed by atoms with Gasteiger partial charge >= 0.3 is 0 Å². The molecule has 0 radical (unpaired) electrons. The Morgan fingerprint density at radius 1 is 1.38 bits per heavy atom. The van der Waals surface area contributed by atoms with Gasteiger partial charge in [0, 0.05) is 6.04 Å². The van der Waals surface area contributed by atoms with Crippen molar-refractivity contribution < 1.29 is 9.47 Å². The molecule has 1 aromatic rings. The van der Waals surface area contributed by atoms with Crippen molar-refractivity contribution in [2.45, 2.75) is 25.3 Å². The average Bonchev–Trinajstić information content (AvgIpc) is 2.87. The zero-order chi connectivity index (χ0) is 11.0. The molecule has 0 saturated carbocycles. The van der Waals surface area contributed by atoms with Crippen LogP contribution in [0.5, 0.6) is 11.5 Å². The molecule has 3 nitrogen and oxygen atoms in total. The van der Waals surface area contributed by atoms with Gasteiger partial charge in [-0.2, -0.15) is 0 Å². The Hall–Kier alpha value is -0.930. The van der Waals surface area contributed by atoms with Gasteiger partial charge < -0.3 is 14.8 Å². The molecule has 86 valence electrons. The molecule has 4 heteroatoms. The minimum absolute atomic E-state index is 0.278. The molecule has 0 aromatic heterocycles. The van der Waals surface area contributed by atoms with Gasteiger partial charge in [0.15, 0.2) is 11.5 Å². The number of fused-ring (bicyclic) bond motifs is 1. The Bertz CT molecular complexity index is 402. The molecular formula is C12H14ClNO2. The van der Waals surface area contributed by atoms with E-state index in [2.05, 4.69) is 5.32 Å². The van der Waals surface area contributed by atoms with E-state index in [9.17, 15) is 0 Å². The van der Waals surface area contributed by atoms with Crippen molar-refractivity contribution >= 4 is 11.6 Å². The van der Waals surface area contributed by atoms with Gasteiger partial charge in [0.2, 0.25) is 6.79 Å². The van der Waals surface area contributed by atoms with E-state index in [1.807, 2.05) is 12.1 Å². The standard InChI is InChI=1S/C12H14ClNO2/c13-10-5-8(4-9-2-1-3-14-9)6-11-12(10)16-7-15-11/h5-6,9,14H,1-4,7H2. The fourth-order valence-corrected chi connectivity index (χ4v) is 2.64. The monoisotopic (exact) mass is 239 g/mol. The predicted molar refractivity (Wildman–Crippen MR) is 62.3 cm³/mol. The normalized spacial score (nSPS) is 22.7. The maximum atomic E-state index is 6.13. The molecule has 16 heavy (non-hydrogen) atoms. The first-order valence-corrected chi connectivity index (χ1v) is 6.02. The summed E-state index contributed by atoms with van der Waals surface area (Å²) in [6.07, 6.45) is 3.52. The molecule has 1 unspecified atom stereocenters. The summed E-state index contributed by atoms with van der Waals surface area (Å²) in [5, 5.41) is 4.13. The number of nitrogens with one attached hydrogen (secondary N) is 1. The van der Waals surface area contributed by atoms with Crippen molar-refractivity contribution in [3.8, 4) is 11.5 Å². The molecule has 1 N–H and O–H groups in total. The Balaban J connectivity index is 1.82. The molecule has 1 aromatic carbocycles. The van der Waals surface area contributed by atoms with Crippen LogP contribution in [0.3, 0.4) is 0 Å². The number of ether oxygens (including phenoxy) is 2. The molecule has 2 heterocycles. The molecule has 1 fully saturated rings. The Kier molecular flexibility index (Phi) is 2.65. The van der Waals surface area contributed by atoms with Crippen molar-refractivity contribution in [3.63, 3.8) is 0 Å². The summed E-state index contributed by atoms with van der Waals surface area (Å²) in [5.41, 5.74) is 1.22. The molecule has 0 bridgehead atoms. The van der Waals surface area contributed by atoms with E-state index in [1.165, 1.54) is 18.4 Å². The van der Waals surface area contributed by atoms with Crippen LogP contribution >= 0.6 is 11.6 Å². The predicted octanol–water partition coefficient (Wildman–Crippen LogP) is 2.36. The summed E-state index contributed by atoms with van der Waals surface area (Å²) in [5.74, 6) is 1.46. The second-order valence-electron chi connectivity index (χ2n) is 4.31. The molecule has 1 atom stereocenters. The minimum atomic E-state index is 0.278. The van der Waals surface area contributed by atoms with Gasteiger partial charge in [-0.15, -0.1) is 0 Å². The lowest BCUT2D eigenvalue weighted by molar-refractivity contribution is 0.174. The molecule has 3 rings (SSSR count). The van der Waals surface area contributed by atoms with Crippen LogP contribution in [0.2, 0.25) is 5.02 Å². The first kappa shape index (κ1) is 10.2. The lowest BCUT2D eigenvalue weighted by atomic mass is 10.0. The molecule has 1 saturated heterocycles. The minimum Gasteiger partial charge on any atom is -0.454 e. The van der Waals surface area contributed by atoms with Gasteiger partial charge in [0.1, 0.15) is 0 Å². The highest BCUT2D eigenvalue weighted by molar-refractivity contribution is 6.32. The number of hydrogen-bond acceptors (Lipinski definition) is 3. The number of halogens is 1. The van der Waals surface area contributed by atoms with Gasteiger partial charge in [-0.05, 0) is 43.5 Å². The van der Waals surface area contributed by atoms with E-state index >= 15 is 0 Å². The molecule has 2 aliphatic rings. The third-order valence-corrected chi connectivity index (χ3v) is 3.41. The van der Waals surface area contributed by atoms with E-state index in [0.29, 0.717) is 16.8 Å². The van der Waals surface area contributed by atoms with Gasteiger partial charge in [-0.3, -0.25) is 0 Å². The van der Waals surface area contributed by atoms with Crippen LogP contribution in [0, 0.1) is 0 Å². The van der Waals surface area contributed by atoms with Crippen molar-refractivity contribution in [1.29, 1.82) is 0 Å². The number of rotatable bonds is 2. The van der Waals surface area contributed by atoms with Crippen LogP contribution in [0.4, 0.5) is 0 Å². The third-order valence-electron chi connectivity index (χ3n) is 3.13. The lowest BCUT2D eigenvalue weighted by Gasteiger charge is -2.11. The van der Waals surface area contributed by atoms with E-state index in [4.69, 9.17) is 21.1 Å². The summed E-state index contributed by atoms with van der Waals surface area (Å²) in [6.45, 7) is 1.41. The quantitative estimate of drug-likeness (QED) is 0.860. The summed E-state index contributed by atoms with van der Waals surface area (Å²) in [4.78, 5) is 0. The first-order chi connectivity index (χ1) is 7.83. The smallest absolute Gasteiger partial charge is 0.231 e. The van der Waals surface area contributed by atoms with Crippen LogP contribution in [0.1, 0.15) is 18.4 Å². The number of hydrogen-bond donors (Lipinski definition) is 1. The third kappa shape index (κ3) is 1.85. The van der Waals surface area contributed by atoms with Crippen LogP contribution in [-0.4, -0.2) is 19.4 Å². The van der Waals surface area contributed by atoms with Gasteiger partial charge in [-0.25, -0.2) is 0 Å².